The molecule has 0 aliphatic heterocycles. The topological polar surface area (TPSA) is 43.8 Å². The maximum atomic E-state index is 5.71. The van der Waals surface area contributed by atoms with Gasteiger partial charge in [-0.3, -0.25) is 4.68 Å². The highest BCUT2D eigenvalue weighted by Crippen LogP contribution is 2.24. The Labute approximate surface area is 117 Å². The summed E-state index contributed by atoms with van der Waals surface area (Å²) in [7, 11) is 0. The van der Waals surface area contributed by atoms with E-state index in [0.717, 1.165) is 29.6 Å². The Morgan fingerprint density at radius 3 is 2.47 bits per heavy atom. The first-order valence-corrected chi connectivity index (χ1v) is 6.95. The van der Waals surface area contributed by atoms with Gasteiger partial charge >= 0.3 is 0 Å². The molecular formula is C12H20BrN3S. The summed E-state index contributed by atoms with van der Waals surface area (Å²) in [5, 5.41) is 4.48. The molecule has 0 aliphatic rings. The van der Waals surface area contributed by atoms with Gasteiger partial charge in [0, 0.05) is 17.7 Å². The molecule has 0 spiro atoms. The van der Waals surface area contributed by atoms with Crippen LogP contribution < -0.4 is 5.73 Å². The minimum Gasteiger partial charge on any atom is -0.393 e. The lowest BCUT2D eigenvalue weighted by Crippen LogP contribution is -2.29. The van der Waals surface area contributed by atoms with Gasteiger partial charge in [0.1, 0.15) is 0 Å². The number of nitrogens with two attached hydrogens (primary N) is 1. The summed E-state index contributed by atoms with van der Waals surface area (Å²) in [5.41, 5.74) is 7.86. The molecule has 96 valence electrons. The third kappa shape index (κ3) is 3.52. The average Bonchev–Trinajstić information content (AvgIpc) is 2.46. The van der Waals surface area contributed by atoms with E-state index in [0.29, 0.717) is 4.99 Å². The van der Waals surface area contributed by atoms with Crippen LogP contribution in [0.15, 0.2) is 4.47 Å². The van der Waals surface area contributed by atoms with E-state index in [1.807, 2.05) is 11.6 Å². The highest BCUT2D eigenvalue weighted by Gasteiger charge is 2.20. The smallest absolute Gasteiger partial charge is 0.0784 e. The van der Waals surface area contributed by atoms with Crippen molar-refractivity contribution in [2.45, 2.75) is 47.1 Å². The number of nitrogens with zero attached hydrogens (tertiary/aromatic N) is 2. The van der Waals surface area contributed by atoms with E-state index in [-0.39, 0.29) is 5.41 Å². The van der Waals surface area contributed by atoms with Crippen LogP contribution in [0.25, 0.3) is 0 Å². The Morgan fingerprint density at radius 2 is 2.06 bits per heavy atom. The molecule has 0 saturated carbocycles. The van der Waals surface area contributed by atoms with Crippen molar-refractivity contribution >= 4 is 33.1 Å². The standard InChI is InChI=1S/C12H20BrN3S/c1-8-10(13)9(2)16(15-8)7-5-6-12(3,4)11(14)17/h5-7H2,1-4H3,(H2,14,17). The SMILES string of the molecule is Cc1nn(CCCC(C)(C)C(N)=S)c(C)c1Br. The van der Waals surface area contributed by atoms with Gasteiger partial charge in [0.15, 0.2) is 0 Å². The quantitative estimate of drug-likeness (QED) is 0.847. The lowest BCUT2D eigenvalue weighted by Gasteiger charge is -2.22. The van der Waals surface area contributed by atoms with Crippen molar-refractivity contribution in [2.75, 3.05) is 0 Å². The lowest BCUT2D eigenvalue weighted by atomic mass is 9.88. The highest BCUT2D eigenvalue weighted by atomic mass is 79.9. The van der Waals surface area contributed by atoms with Crippen LogP contribution in [0.4, 0.5) is 0 Å². The maximum absolute atomic E-state index is 5.71. The molecule has 1 aromatic rings. The van der Waals surface area contributed by atoms with Gasteiger partial charge in [-0.25, -0.2) is 0 Å². The first-order chi connectivity index (χ1) is 7.75. The van der Waals surface area contributed by atoms with Gasteiger partial charge in [0.05, 0.1) is 15.2 Å². The van der Waals surface area contributed by atoms with Crippen LogP contribution in [0.3, 0.4) is 0 Å². The molecular weight excluding hydrogens is 298 g/mol. The van der Waals surface area contributed by atoms with Crippen LogP contribution in [0, 0.1) is 19.3 Å². The number of aryl methyl sites for hydroxylation is 2. The van der Waals surface area contributed by atoms with Gasteiger partial charge in [-0.05, 0) is 42.6 Å². The Morgan fingerprint density at radius 1 is 1.47 bits per heavy atom. The normalized spacial score (nSPS) is 11.8. The summed E-state index contributed by atoms with van der Waals surface area (Å²) in [5.74, 6) is 0. The first-order valence-electron chi connectivity index (χ1n) is 5.75. The Kier molecular flexibility index (Phi) is 4.72. The van der Waals surface area contributed by atoms with Crippen molar-refractivity contribution in [1.29, 1.82) is 0 Å². The Hall–Kier alpha value is -0.420. The zero-order valence-electron chi connectivity index (χ0n) is 10.9. The predicted octanol–water partition coefficient (Wildman–Crippen LogP) is 3.35. The second-order valence-electron chi connectivity index (χ2n) is 5.06. The van der Waals surface area contributed by atoms with E-state index in [9.17, 15) is 0 Å². The van der Waals surface area contributed by atoms with Crippen LogP contribution in [-0.4, -0.2) is 14.8 Å². The first kappa shape index (κ1) is 14.6. The second kappa shape index (κ2) is 5.48. The maximum Gasteiger partial charge on any atom is 0.0784 e. The fourth-order valence-corrected chi connectivity index (χ4v) is 2.07. The molecule has 0 aromatic carbocycles. The van der Waals surface area contributed by atoms with Crippen molar-refractivity contribution in [2.24, 2.45) is 11.1 Å². The van der Waals surface area contributed by atoms with Gasteiger partial charge in [0.2, 0.25) is 0 Å². The van der Waals surface area contributed by atoms with E-state index in [4.69, 9.17) is 18.0 Å². The monoisotopic (exact) mass is 317 g/mol. The summed E-state index contributed by atoms with van der Waals surface area (Å²) in [4.78, 5) is 0.590. The third-order valence-electron chi connectivity index (χ3n) is 3.13. The van der Waals surface area contributed by atoms with Crippen LogP contribution in [0.5, 0.6) is 0 Å². The minimum atomic E-state index is -0.0668. The molecule has 0 aliphatic carbocycles. The zero-order chi connectivity index (χ0) is 13.2. The number of hydrogen-bond donors (Lipinski definition) is 1. The van der Waals surface area contributed by atoms with E-state index < -0.39 is 0 Å². The lowest BCUT2D eigenvalue weighted by molar-refractivity contribution is 0.423. The van der Waals surface area contributed by atoms with Gasteiger partial charge in [-0.15, -0.1) is 0 Å². The molecule has 2 N–H and O–H groups in total. The molecule has 0 bridgehead atoms. The average molecular weight is 318 g/mol. The summed E-state index contributed by atoms with van der Waals surface area (Å²) in [6, 6.07) is 0. The van der Waals surface area contributed by atoms with Crippen LogP contribution in [0.2, 0.25) is 0 Å². The van der Waals surface area contributed by atoms with E-state index in [2.05, 4.69) is 41.8 Å². The van der Waals surface area contributed by atoms with E-state index >= 15 is 0 Å². The van der Waals surface area contributed by atoms with Gasteiger partial charge in [-0.2, -0.15) is 5.10 Å². The second-order valence-corrected chi connectivity index (χ2v) is 6.29. The van der Waals surface area contributed by atoms with Crippen molar-refractivity contribution < 1.29 is 0 Å². The van der Waals surface area contributed by atoms with Crippen LogP contribution >= 0.6 is 28.1 Å². The molecule has 0 saturated heterocycles. The molecule has 3 nitrogen and oxygen atoms in total. The summed E-state index contributed by atoms with van der Waals surface area (Å²) in [6.45, 7) is 9.17. The highest BCUT2D eigenvalue weighted by molar-refractivity contribution is 9.10. The molecule has 0 unspecified atom stereocenters. The molecule has 1 aromatic heterocycles. The molecule has 17 heavy (non-hydrogen) atoms. The van der Waals surface area contributed by atoms with Gasteiger partial charge < -0.3 is 5.73 Å². The van der Waals surface area contributed by atoms with Crippen molar-refractivity contribution in [1.82, 2.24) is 9.78 Å². The fraction of sp³-hybridized carbons (Fsp3) is 0.667. The number of thiocarbonyl (C=S) groups is 1. The van der Waals surface area contributed by atoms with Crippen LogP contribution in [0.1, 0.15) is 38.1 Å². The van der Waals surface area contributed by atoms with Crippen molar-refractivity contribution in [3.63, 3.8) is 0 Å². The Balaban J connectivity index is 2.57. The molecule has 0 amide bonds. The van der Waals surface area contributed by atoms with Gasteiger partial charge in [0.25, 0.3) is 0 Å². The number of rotatable bonds is 5. The zero-order valence-corrected chi connectivity index (χ0v) is 13.3. The predicted molar refractivity (Wildman–Crippen MR) is 79.2 cm³/mol. The summed E-state index contributed by atoms with van der Waals surface area (Å²) < 4.78 is 3.14. The third-order valence-corrected chi connectivity index (χ3v) is 4.83. The van der Waals surface area contributed by atoms with Crippen LogP contribution in [-0.2, 0) is 6.54 Å². The summed E-state index contributed by atoms with van der Waals surface area (Å²) >= 11 is 8.59. The number of hydrogen-bond acceptors (Lipinski definition) is 2. The van der Waals surface area contributed by atoms with Crippen molar-refractivity contribution in [3.05, 3.63) is 15.9 Å². The largest absolute Gasteiger partial charge is 0.393 e. The summed E-state index contributed by atoms with van der Waals surface area (Å²) in [6.07, 6.45) is 2.01. The van der Waals surface area contributed by atoms with Gasteiger partial charge in [-0.1, -0.05) is 26.1 Å². The molecule has 1 rings (SSSR count). The van der Waals surface area contributed by atoms with Crippen molar-refractivity contribution in [3.8, 4) is 0 Å². The Bertz CT molecular complexity index is 424. The van der Waals surface area contributed by atoms with E-state index in [1.165, 1.54) is 5.69 Å². The molecule has 0 fully saturated rings. The molecule has 0 radical (unpaired) electrons. The molecule has 5 heteroatoms. The fourth-order valence-electron chi connectivity index (χ4n) is 1.69. The number of halogens is 1. The minimum absolute atomic E-state index is 0.0668. The molecule has 1 heterocycles. The van der Waals surface area contributed by atoms with E-state index in [1.54, 1.807) is 0 Å². The molecule has 0 atom stereocenters. The number of aromatic nitrogens is 2.